The molecule has 0 saturated carbocycles. The van der Waals surface area contributed by atoms with Crippen molar-refractivity contribution in [2.24, 2.45) is 0 Å². The van der Waals surface area contributed by atoms with Crippen LogP contribution in [0.15, 0.2) is 24.3 Å². The standard InChI is InChI=1S/C16H17NO6/c1-16(2)22-12-11(18)10(21-15(12)23-16)7-17-13(19)8-5-3-4-6-9(8)14(17)20/h3-6,10-12,15,18H,7H2,1-2H3/t10-,11?,12+,15-/m1/s1/i7D/t7-,10-,11?,12+,15-. The Kier molecular flexibility index (Phi) is 2.87. The second-order valence-electron chi connectivity index (χ2n) is 6.23. The summed E-state index contributed by atoms with van der Waals surface area (Å²) in [5.41, 5.74) is 0.502. The number of aliphatic hydroxyl groups is 1. The van der Waals surface area contributed by atoms with Crippen LogP contribution in [0.3, 0.4) is 0 Å². The molecule has 4 rings (SSSR count). The molecule has 0 aromatic heterocycles. The van der Waals surface area contributed by atoms with E-state index in [0.29, 0.717) is 0 Å². The Balaban J connectivity index is 1.57. The number of imide groups is 1. The maximum atomic E-state index is 12.4. The average Bonchev–Trinajstić information content (AvgIpc) is 3.09. The largest absolute Gasteiger partial charge is 0.387 e. The number of ether oxygens (including phenoxy) is 3. The third-order valence-corrected chi connectivity index (χ3v) is 4.17. The number of fused-ring (bicyclic) bond motifs is 2. The fraction of sp³-hybridized carbons (Fsp3) is 0.500. The molecule has 7 heteroatoms. The van der Waals surface area contributed by atoms with E-state index in [1.807, 2.05) is 0 Å². The number of hydrogen-bond donors (Lipinski definition) is 1. The van der Waals surface area contributed by atoms with Gasteiger partial charge in [-0.25, -0.2) is 0 Å². The summed E-state index contributed by atoms with van der Waals surface area (Å²) >= 11 is 0. The van der Waals surface area contributed by atoms with Gasteiger partial charge in [0.2, 0.25) is 0 Å². The molecule has 0 radical (unpaired) electrons. The van der Waals surface area contributed by atoms with Crippen LogP contribution in [0.4, 0.5) is 0 Å². The first-order valence-corrected chi connectivity index (χ1v) is 7.38. The molecule has 1 unspecified atom stereocenters. The third kappa shape index (κ3) is 2.20. The lowest BCUT2D eigenvalue weighted by Gasteiger charge is -2.25. The molecule has 2 amide bonds. The van der Waals surface area contributed by atoms with Crippen molar-refractivity contribution < 1.29 is 30.3 Å². The van der Waals surface area contributed by atoms with E-state index >= 15 is 0 Å². The first-order valence-electron chi connectivity index (χ1n) is 7.96. The summed E-state index contributed by atoms with van der Waals surface area (Å²) < 4.78 is 25.0. The van der Waals surface area contributed by atoms with Gasteiger partial charge in [0.1, 0.15) is 18.3 Å². The zero-order chi connectivity index (χ0) is 17.2. The van der Waals surface area contributed by atoms with Gasteiger partial charge in [-0.3, -0.25) is 14.5 Å². The molecule has 3 heterocycles. The molecule has 0 aliphatic carbocycles. The van der Waals surface area contributed by atoms with Crippen LogP contribution >= 0.6 is 0 Å². The van der Waals surface area contributed by atoms with Gasteiger partial charge in [-0.15, -0.1) is 0 Å². The maximum Gasteiger partial charge on any atom is 0.261 e. The molecule has 3 aliphatic rings. The van der Waals surface area contributed by atoms with E-state index < -0.39 is 48.7 Å². The van der Waals surface area contributed by atoms with Gasteiger partial charge in [0.15, 0.2) is 12.1 Å². The van der Waals surface area contributed by atoms with Gasteiger partial charge in [0.05, 0.1) is 19.0 Å². The van der Waals surface area contributed by atoms with Crippen LogP contribution in [0.1, 0.15) is 35.9 Å². The van der Waals surface area contributed by atoms with Crippen molar-refractivity contribution >= 4 is 11.8 Å². The van der Waals surface area contributed by atoms with Crippen molar-refractivity contribution in [3.05, 3.63) is 35.4 Å². The number of carbonyl (C=O) groups is 2. The van der Waals surface area contributed by atoms with Crippen molar-refractivity contribution in [1.82, 2.24) is 4.90 Å². The Hall–Kier alpha value is -1.80. The third-order valence-electron chi connectivity index (χ3n) is 4.17. The number of nitrogens with zero attached hydrogens (tertiary/aromatic N) is 1. The van der Waals surface area contributed by atoms with Crippen LogP contribution in [0.25, 0.3) is 0 Å². The molecule has 3 aliphatic heterocycles. The van der Waals surface area contributed by atoms with Gasteiger partial charge in [-0.2, -0.15) is 0 Å². The highest BCUT2D eigenvalue weighted by atomic mass is 16.8. The quantitative estimate of drug-likeness (QED) is 0.800. The zero-order valence-corrected chi connectivity index (χ0v) is 12.6. The second-order valence-corrected chi connectivity index (χ2v) is 6.23. The molecule has 2 fully saturated rings. The van der Waals surface area contributed by atoms with Crippen molar-refractivity contribution in [3.8, 4) is 0 Å². The van der Waals surface area contributed by atoms with E-state index in [1.54, 1.807) is 26.0 Å². The minimum atomic E-state index is -1.40. The molecule has 2 saturated heterocycles. The molecule has 0 bridgehead atoms. The Morgan fingerprint density at radius 3 is 2.39 bits per heavy atom. The fourth-order valence-electron chi connectivity index (χ4n) is 3.13. The lowest BCUT2D eigenvalue weighted by atomic mass is 10.1. The molecular formula is C16H17NO6. The van der Waals surface area contributed by atoms with E-state index in [9.17, 15) is 14.7 Å². The molecule has 1 N–H and O–H groups in total. The van der Waals surface area contributed by atoms with Crippen LogP contribution in [-0.4, -0.2) is 58.7 Å². The minimum absolute atomic E-state index is 0.251. The molecular weight excluding hydrogens is 302 g/mol. The van der Waals surface area contributed by atoms with Crippen molar-refractivity contribution in [2.45, 2.75) is 44.2 Å². The Labute approximate surface area is 134 Å². The van der Waals surface area contributed by atoms with Crippen LogP contribution < -0.4 is 0 Å². The molecule has 1 aromatic carbocycles. The highest BCUT2D eigenvalue weighted by Crippen LogP contribution is 2.38. The highest BCUT2D eigenvalue weighted by molar-refractivity contribution is 6.21. The topological polar surface area (TPSA) is 85.3 Å². The van der Waals surface area contributed by atoms with Crippen LogP contribution in [0, 0.1) is 0 Å². The van der Waals surface area contributed by atoms with Gasteiger partial charge in [-0.05, 0) is 26.0 Å². The SMILES string of the molecule is [2H][C@H]([C@H]1O[C@@H]2OC(C)(C)O[C@H]2C1O)N1C(=O)c2ccccc2C1=O. The normalized spacial score (nSPS) is 36.8. The molecule has 5 atom stereocenters. The van der Waals surface area contributed by atoms with E-state index in [2.05, 4.69) is 0 Å². The Bertz CT molecular complexity index is 687. The summed E-state index contributed by atoms with van der Waals surface area (Å²) in [7, 11) is 0. The predicted octanol–water partition coefficient (Wildman–Crippen LogP) is 0.520. The summed E-state index contributed by atoms with van der Waals surface area (Å²) in [6, 6.07) is 6.39. The van der Waals surface area contributed by atoms with E-state index in [4.69, 9.17) is 15.6 Å². The van der Waals surface area contributed by atoms with Crippen molar-refractivity contribution in [2.75, 3.05) is 6.52 Å². The fourth-order valence-corrected chi connectivity index (χ4v) is 3.13. The number of amides is 2. The van der Waals surface area contributed by atoms with Gasteiger partial charge in [0.25, 0.3) is 11.8 Å². The number of rotatable bonds is 2. The smallest absolute Gasteiger partial charge is 0.261 e. The Morgan fingerprint density at radius 2 is 1.83 bits per heavy atom. The predicted molar refractivity (Wildman–Crippen MR) is 76.5 cm³/mol. The first kappa shape index (κ1) is 13.6. The summed E-state index contributed by atoms with van der Waals surface area (Å²) in [5.74, 6) is -2.02. The average molecular weight is 320 g/mol. The summed E-state index contributed by atoms with van der Waals surface area (Å²) in [6.07, 6.45) is -3.86. The minimum Gasteiger partial charge on any atom is -0.387 e. The highest BCUT2D eigenvalue weighted by Gasteiger charge is 2.55. The van der Waals surface area contributed by atoms with Gasteiger partial charge >= 0.3 is 0 Å². The summed E-state index contributed by atoms with van der Waals surface area (Å²) in [5, 5.41) is 10.4. The Morgan fingerprint density at radius 1 is 1.22 bits per heavy atom. The molecule has 23 heavy (non-hydrogen) atoms. The molecule has 0 spiro atoms. The van der Waals surface area contributed by atoms with Crippen LogP contribution in [0.5, 0.6) is 0 Å². The van der Waals surface area contributed by atoms with E-state index in [0.717, 1.165) is 4.90 Å². The summed E-state index contributed by atoms with van der Waals surface area (Å²) in [6.45, 7) is 1.99. The van der Waals surface area contributed by atoms with E-state index in [1.165, 1.54) is 12.1 Å². The molecule has 122 valence electrons. The van der Waals surface area contributed by atoms with Gasteiger partial charge in [-0.1, -0.05) is 12.1 Å². The van der Waals surface area contributed by atoms with Crippen LogP contribution in [0.2, 0.25) is 0 Å². The second kappa shape index (κ2) is 4.85. The van der Waals surface area contributed by atoms with Crippen LogP contribution in [-0.2, 0) is 14.2 Å². The van der Waals surface area contributed by atoms with Gasteiger partial charge < -0.3 is 19.3 Å². The lowest BCUT2D eigenvalue weighted by Crippen LogP contribution is -2.43. The van der Waals surface area contributed by atoms with Crippen molar-refractivity contribution in [3.63, 3.8) is 0 Å². The first-order chi connectivity index (χ1) is 11.3. The van der Waals surface area contributed by atoms with Gasteiger partial charge in [0, 0.05) is 0 Å². The number of hydrogen-bond acceptors (Lipinski definition) is 6. The number of aliphatic hydroxyl groups excluding tert-OH is 1. The lowest BCUT2D eigenvalue weighted by molar-refractivity contribution is -0.215. The van der Waals surface area contributed by atoms with Crippen molar-refractivity contribution in [1.29, 1.82) is 0 Å². The number of carbonyl (C=O) groups excluding carboxylic acids is 2. The zero-order valence-electron chi connectivity index (χ0n) is 13.6. The van der Waals surface area contributed by atoms with E-state index in [-0.39, 0.29) is 11.1 Å². The molecule has 7 nitrogen and oxygen atoms in total. The monoisotopic (exact) mass is 320 g/mol. The number of benzene rings is 1. The maximum absolute atomic E-state index is 12.4. The summed E-state index contributed by atoms with van der Waals surface area (Å²) in [4.78, 5) is 25.7. The molecule has 1 aromatic rings.